The summed E-state index contributed by atoms with van der Waals surface area (Å²) in [4.78, 5) is 17.5. The van der Waals surface area contributed by atoms with Crippen LogP contribution in [0.4, 0.5) is 5.95 Å². The Balaban J connectivity index is 0.00000261. The van der Waals surface area contributed by atoms with Crippen molar-refractivity contribution >= 4 is 63.4 Å². The zero-order valence-electron chi connectivity index (χ0n) is 15.1. The van der Waals surface area contributed by atoms with Gasteiger partial charge in [-0.1, -0.05) is 27.5 Å². The van der Waals surface area contributed by atoms with Crippen molar-refractivity contribution in [1.29, 1.82) is 0 Å². The number of benzene rings is 1. The van der Waals surface area contributed by atoms with Crippen LogP contribution in [0.25, 0.3) is 0 Å². The minimum Gasteiger partial charge on any atom is -0.356 e. The quantitative estimate of drug-likeness (QED) is 0.350. The van der Waals surface area contributed by atoms with Crippen LogP contribution in [0.3, 0.4) is 0 Å². The molecule has 0 aliphatic carbocycles. The van der Waals surface area contributed by atoms with Crippen molar-refractivity contribution in [2.24, 2.45) is 4.99 Å². The summed E-state index contributed by atoms with van der Waals surface area (Å²) >= 11 is 9.66. The molecule has 6 nitrogen and oxygen atoms in total. The molecule has 0 amide bonds. The highest BCUT2D eigenvalue weighted by atomic mass is 127. The predicted molar refractivity (Wildman–Crippen MR) is 125 cm³/mol. The van der Waals surface area contributed by atoms with Crippen LogP contribution in [0.2, 0.25) is 5.02 Å². The first-order chi connectivity index (χ1) is 12.7. The molecule has 1 aromatic heterocycles. The van der Waals surface area contributed by atoms with Crippen LogP contribution in [-0.2, 0) is 6.42 Å². The lowest BCUT2D eigenvalue weighted by molar-refractivity contribution is 0.370. The fourth-order valence-corrected chi connectivity index (χ4v) is 3.59. The molecule has 146 valence electrons. The molecular formula is C18H23BrClIN6. The SMILES string of the molecule is CN=C(NCCc1cc(Cl)ccc1Br)N1CCN(c2ncccn2)CC1.I. The van der Waals surface area contributed by atoms with Gasteiger partial charge in [0.15, 0.2) is 5.96 Å². The zero-order valence-corrected chi connectivity index (χ0v) is 19.8. The molecule has 1 fully saturated rings. The summed E-state index contributed by atoms with van der Waals surface area (Å²) in [6, 6.07) is 7.70. The average molecular weight is 566 g/mol. The van der Waals surface area contributed by atoms with Crippen LogP contribution < -0.4 is 10.2 Å². The summed E-state index contributed by atoms with van der Waals surface area (Å²) in [5.41, 5.74) is 1.19. The molecule has 1 aliphatic heterocycles. The first-order valence-electron chi connectivity index (χ1n) is 8.59. The highest BCUT2D eigenvalue weighted by Gasteiger charge is 2.20. The van der Waals surface area contributed by atoms with Gasteiger partial charge in [-0.25, -0.2) is 9.97 Å². The van der Waals surface area contributed by atoms with Gasteiger partial charge in [-0.15, -0.1) is 24.0 Å². The van der Waals surface area contributed by atoms with E-state index in [0.717, 1.165) is 60.5 Å². The van der Waals surface area contributed by atoms with Crippen LogP contribution in [0.15, 0.2) is 46.1 Å². The molecule has 0 unspecified atom stereocenters. The lowest BCUT2D eigenvalue weighted by atomic mass is 10.1. The Hall–Kier alpha value is -1.13. The smallest absolute Gasteiger partial charge is 0.225 e. The standard InChI is InChI=1S/C18H22BrClN6.HI/c1-21-17(24-8-5-14-13-15(20)3-4-16(14)19)25-9-11-26(12-10-25)18-22-6-2-7-23-18;/h2-4,6-7,13H,5,8-12H2,1H3,(H,21,24);1H. The van der Waals surface area contributed by atoms with E-state index in [-0.39, 0.29) is 24.0 Å². The van der Waals surface area contributed by atoms with E-state index in [9.17, 15) is 0 Å². The van der Waals surface area contributed by atoms with E-state index in [1.807, 2.05) is 31.3 Å². The number of nitrogens with zero attached hydrogens (tertiary/aromatic N) is 5. The molecule has 2 heterocycles. The lowest BCUT2D eigenvalue weighted by Crippen LogP contribution is -2.53. The van der Waals surface area contributed by atoms with Gasteiger partial charge < -0.3 is 15.1 Å². The van der Waals surface area contributed by atoms with Crippen LogP contribution in [-0.4, -0.2) is 60.6 Å². The minimum atomic E-state index is 0. The largest absolute Gasteiger partial charge is 0.356 e. The van der Waals surface area contributed by atoms with Crippen molar-refractivity contribution in [3.05, 3.63) is 51.7 Å². The van der Waals surface area contributed by atoms with E-state index in [2.05, 4.69) is 46.0 Å². The summed E-state index contributed by atoms with van der Waals surface area (Å²) in [6.45, 7) is 4.33. The minimum absolute atomic E-state index is 0. The van der Waals surface area contributed by atoms with Crippen molar-refractivity contribution in [3.63, 3.8) is 0 Å². The summed E-state index contributed by atoms with van der Waals surface area (Å²) < 4.78 is 1.08. The Morgan fingerprint density at radius 1 is 1.22 bits per heavy atom. The van der Waals surface area contributed by atoms with Gasteiger partial charge in [-0.05, 0) is 36.2 Å². The number of hydrogen-bond acceptors (Lipinski definition) is 4. The molecule has 1 aliphatic rings. The molecule has 0 saturated carbocycles. The van der Waals surface area contributed by atoms with Gasteiger partial charge in [0, 0.05) is 61.7 Å². The summed E-state index contributed by atoms with van der Waals surface area (Å²) in [7, 11) is 1.82. The van der Waals surface area contributed by atoms with Gasteiger partial charge in [0.1, 0.15) is 0 Å². The molecule has 1 saturated heterocycles. The number of halogens is 3. The summed E-state index contributed by atoms with van der Waals surface area (Å²) in [5, 5.41) is 4.21. The van der Waals surface area contributed by atoms with E-state index >= 15 is 0 Å². The number of nitrogens with one attached hydrogen (secondary N) is 1. The van der Waals surface area contributed by atoms with Crippen molar-refractivity contribution in [3.8, 4) is 0 Å². The molecule has 1 aromatic carbocycles. The Kier molecular flexibility index (Phi) is 9.04. The van der Waals surface area contributed by atoms with E-state index < -0.39 is 0 Å². The van der Waals surface area contributed by atoms with E-state index in [4.69, 9.17) is 11.6 Å². The second-order valence-corrected chi connectivity index (χ2v) is 7.27. The molecule has 1 N–H and O–H groups in total. The normalized spacial score (nSPS) is 14.7. The molecule has 2 aromatic rings. The van der Waals surface area contributed by atoms with Crippen molar-refractivity contribution < 1.29 is 0 Å². The molecule has 0 spiro atoms. The van der Waals surface area contributed by atoms with Gasteiger partial charge >= 0.3 is 0 Å². The maximum Gasteiger partial charge on any atom is 0.225 e. The third-order valence-electron chi connectivity index (χ3n) is 4.31. The fourth-order valence-electron chi connectivity index (χ4n) is 2.95. The van der Waals surface area contributed by atoms with E-state index in [1.165, 1.54) is 5.56 Å². The number of hydrogen-bond donors (Lipinski definition) is 1. The zero-order chi connectivity index (χ0) is 18.4. The third-order valence-corrected chi connectivity index (χ3v) is 5.32. The first kappa shape index (κ1) is 22.2. The Bertz CT molecular complexity index is 753. The highest BCUT2D eigenvalue weighted by Crippen LogP contribution is 2.21. The fraction of sp³-hybridized carbons (Fsp3) is 0.389. The number of piperazine rings is 1. The second kappa shape index (κ2) is 11.0. The molecule has 0 radical (unpaired) electrons. The monoisotopic (exact) mass is 564 g/mol. The van der Waals surface area contributed by atoms with Gasteiger partial charge in [-0.3, -0.25) is 4.99 Å². The van der Waals surface area contributed by atoms with Crippen molar-refractivity contribution in [1.82, 2.24) is 20.2 Å². The predicted octanol–water partition coefficient (Wildman–Crippen LogP) is 3.45. The van der Waals surface area contributed by atoms with Crippen molar-refractivity contribution in [2.45, 2.75) is 6.42 Å². The van der Waals surface area contributed by atoms with E-state index in [0.29, 0.717) is 0 Å². The maximum absolute atomic E-state index is 6.08. The van der Waals surface area contributed by atoms with Crippen LogP contribution in [0, 0.1) is 0 Å². The molecule has 0 atom stereocenters. The van der Waals surface area contributed by atoms with Crippen LogP contribution in [0.5, 0.6) is 0 Å². The number of rotatable bonds is 4. The third kappa shape index (κ3) is 6.18. The lowest BCUT2D eigenvalue weighted by Gasteiger charge is -2.36. The van der Waals surface area contributed by atoms with Gasteiger partial charge in [0.2, 0.25) is 5.95 Å². The number of anilines is 1. The number of guanidine groups is 1. The number of aliphatic imine (C=N–C) groups is 1. The Labute approximate surface area is 190 Å². The Morgan fingerprint density at radius 3 is 2.59 bits per heavy atom. The molecule has 27 heavy (non-hydrogen) atoms. The van der Waals surface area contributed by atoms with Gasteiger partial charge in [0.05, 0.1) is 0 Å². The summed E-state index contributed by atoms with van der Waals surface area (Å²) in [6.07, 6.45) is 4.43. The molecule has 3 rings (SSSR count). The summed E-state index contributed by atoms with van der Waals surface area (Å²) in [5.74, 6) is 1.72. The molecule has 9 heteroatoms. The van der Waals surface area contributed by atoms with E-state index in [1.54, 1.807) is 12.4 Å². The average Bonchev–Trinajstić information content (AvgIpc) is 2.69. The topological polar surface area (TPSA) is 56.7 Å². The van der Waals surface area contributed by atoms with Gasteiger partial charge in [0.25, 0.3) is 0 Å². The first-order valence-corrected chi connectivity index (χ1v) is 9.76. The molecule has 0 bridgehead atoms. The van der Waals surface area contributed by atoms with Gasteiger partial charge in [-0.2, -0.15) is 0 Å². The van der Waals surface area contributed by atoms with Crippen LogP contribution >= 0.6 is 51.5 Å². The molecular weight excluding hydrogens is 543 g/mol. The van der Waals surface area contributed by atoms with Crippen LogP contribution in [0.1, 0.15) is 5.56 Å². The highest BCUT2D eigenvalue weighted by molar-refractivity contribution is 14.0. The van der Waals surface area contributed by atoms with Crippen molar-refractivity contribution in [2.75, 3.05) is 44.7 Å². The number of aromatic nitrogens is 2. The Morgan fingerprint density at radius 2 is 1.93 bits per heavy atom. The second-order valence-electron chi connectivity index (χ2n) is 5.98. The maximum atomic E-state index is 6.08.